The Morgan fingerprint density at radius 3 is 2.53 bits per heavy atom. The monoisotopic (exact) mass is 247 g/mol. The Hall–Kier alpha value is -0.470. The number of benzene rings is 1. The lowest BCUT2D eigenvalue weighted by Gasteiger charge is -2.36. The minimum absolute atomic E-state index is 0.838. The van der Waals surface area contributed by atoms with Gasteiger partial charge in [-0.15, -0.1) is 11.8 Å². The van der Waals surface area contributed by atoms with Gasteiger partial charge in [0.1, 0.15) is 0 Å². The summed E-state index contributed by atoms with van der Waals surface area (Å²) in [4.78, 5) is 4.08. The van der Waals surface area contributed by atoms with E-state index in [2.05, 4.69) is 54.9 Å². The van der Waals surface area contributed by atoms with Gasteiger partial charge in [0.15, 0.2) is 0 Å². The second kappa shape index (κ2) is 4.66. The normalized spacial score (nSPS) is 32.9. The standard InChI is InChI=1S/C15H21NS/c1-11-4-3-5-14(8-11)17-15-9-12-6-7-13(10-15)16(12)2/h3-5,8,12-13,15H,6-7,9-10H2,1-2H3/t12-,13+,15?. The molecule has 17 heavy (non-hydrogen) atoms. The van der Waals surface area contributed by atoms with Crippen molar-refractivity contribution in [1.29, 1.82) is 0 Å². The number of rotatable bonds is 2. The Balaban J connectivity index is 1.67. The molecule has 3 rings (SSSR count). The zero-order chi connectivity index (χ0) is 11.8. The molecule has 0 spiro atoms. The van der Waals surface area contributed by atoms with Crippen LogP contribution in [0.3, 0.4) is 0 Å². The van der Waals surface area contributed by atoms with Gasteiger partial charge >= 0.3 is 0 Å². The number of fused-ring (bicyclic) bond motifs is 2. The van der Waals surface area contributed by atoms with Crippen LogP contribution < -0.4 is 0 Å². The molecule has 0 amide bonds. The van der Waals surface area contributed by atoms with Crippen molar-refractivity contribution in [1.82, 2.24) is 4.90 Å². The minimum Gasteiger partial charge on any atom is -0.300 e. The SMILES string of the molecule is Cc1cccc(SC2C[C@H]3CC[C@@H](C2)N3C)c1. The Morgan fingerprint density at radius 2 is 1.88 bits per heavy atom. The molecule has 0 radical (unpaired) electrons. The predicted octanol–water partition coefficient (Wildman–Crippen LogP) is 3.71. The number of hydrogen-bond acceptors (Lipinski definition) is 2. The van der Waals surface area contributed by atoms with Crippen molar-refractivity contribution in [2.45, 2.75) is 54.8 Å². The van der Waals surface area contributed by atoms with E-state index in [1.54, 1.807) is 0 Å². The molecule has 1 aromatic rings. The zero-order valence-corrected chi connectivity index (χ0v) is 11.5. The number of nitrogens with zero attached hydrogens (tertiary/aromatic N) is 1. The molecule has 2 bridgehead atoms. The molecule has 0 aromatic heterocycles. The molecule has 0 saturated carbocycles. The van der Waals surface area contributed by atoms with Gasteiger partial charge in [0.25, 0.3) is 0 Å². The van der Waals surface area contributed by atoms with Crippen LogP contribution in [0.5, 0.6) is 0 Å². The molecular formula is C15H21NS. The zero-order valence-electron chi connectivity index (χ0n) is 10.7. The smallest absolute Gasteiger partial charge is 0.0124 e. The maximum atomic E-state index is 2.62. The molecule has 1 unspecified atom stereocenters. The Morgan fingerprint density at radius 1 is 1.18 bits per heavy atom. The van der Waals surface area contributed by atoms with Crippen molar-refractivity contribution < 1.29 is 0 Å². The first kappa shape index (κ1) is 11.6. The van der Waals surface area contributed by atoms with Gasteiger partial charge in [-0.2, -0.15) is 0 Å². The fraction of sp³-hybridized carbons (Fsp3) is 0.600. The molecule has 0 aliphatic carbocycles. The first-order chi connectivity index (χ1) is 8.22. The van der Waals surface area contributed by atoms with Crippen LogP contribution in [0.4, 0.5) is 0 Å². The summed E-state index contributed by atoms with van der Waals surface area (Å²) in [5, 5.41) is 0.838. The Kier molecular flexibility index (Phi) is 3.18. The van der Waals surface area contributed by atoms with Gasteiger partial charge in [-0.25, -0.2) is 0 Å². The predicted molar refractivity (Wildman–Crippen MR) is 74.6 cm³/mol. The van der Waals surface area contributed by atoms with Gasteiger partial charge in [0.2, 0.25) is 0 Å². The lowest BCUT2D eigenvalue weighted by Crippen LogP contribution is -2.40. The average Bonchev–Trinajstić information content (AvgIpc) is 2.52. The number of thioether (sulfide) groups is 1. The van der Waals surface area contributed by atoms with Crippen LogP contribution in [0.2, 0.25) is 0 Å². The Labute approximate surface area is 109 Å². The van der Waals surface area contributed by atoms with Crippen molar-refractivity contribution in [3.63, 3.8) is 0 Å². The van der Waals surface area contributed by atoms with Gasteiger partial charge in [-0.3, -0.25) is 0 Å². The maximum absolute atomic E-state index is 2.62. The first-order valence-corrected chi connectivity index (χ1v) is 7.55. The van der Waals surface area contributed by atoms with E-state index in [0.717, 1.165) is 17.3 Å². The number of piperidine rings is 1. The largest absolute Gasteiger partial charge is 0.300 e. The summed E-state index contributed by atoms with van der Waals surface area (Å²) in [5.41, 5.74) is 1.38. The highest BCUT2D eigenvalue weighted by Crippen LogP contribution is 2.41. The molecule has 2 fully saturated rings. The molecule has 2 saturated heterocycles. The highest BCUT2D eigenvalue weighted by atomic mass is 32.2. The van der Waals surface area contributed by atoms with Gasteiger partial charge in [0.05, 0.1) is 0 Å². The molecule has 2 aliphatic heterocycles. The van der Waals surface area contributed by atoms with Crippen molar-refractivity contribution >= 4 is 11.8 Å². The van der Waals surface area contributed by atoms with E-state index in [-0.39, 0.29) is 0 Å². The van der Waals surface area contributed by atoms with Gasteiger partial charge < -0.3 is 4.90 Å². The van der Waals surface area contributed by atoms with E-state index < -0.39 is 0 Å². The summed E-state index contributed by atoms with van der Waals surface area (Å²) in [6.45, 7) is 2.18. The minimum atomic E-state index is 0.838. The molecule has 2 heteroatoms. The molecule has 0 N–H and O–H groups in total. The molecule has 2 heterocycles. The van der Waals surface area contributed by atoms with Crippen molar-refractivity contribution in [3.8, 4) is 0 Å². The van der Waals surface area contributed by atoms with Crippen LogP contribution in [-0.4, -0.2) is 29.3 Å². The molecule has 1 aromatic carbocycles. The summed E-state index contributed by atoms with van der Waals surface area (Å²) in [7, 11) is 2.32. The third-order valence-electron chi connectivity index (χ3n) is 4.35. The Bertz CT molecular complexity index is 390. The summed E-state index contributed by atoms with van der Waals surface area (Å²) in [6, 6.07) is 10.7. The van der Waals surface area contributed by atoms with E-state index in [4.69, 9.17) is 0 Å². The van der Waals surface area contributed by atoms with Crippen LogP contribution in [0.1, 0.15) is 31.2 Å². The average molecular weight is 247 g/mol. The van der Waals surface area contributed by atoms with E-state index in [0.29, 0.717) is 0 Å². The van der Waals surface area contributed by atoms with E-state index >= 15 is 0 Å². The third kappa shape index (κ3) is 2.38. The topological polar surface area (TPSA) is 3.24 Å². The van der Waals surface area contributed by atoms with Crippen LogP contribution in [0.25, 0.3) is 0 Å². The molecule has 1 nitrogen and oxygen atoms in total. The third-order valence-corrected chi connectivity index (χ3v) is 5.59. The summed E-state index contributed by atoms with van der Waals surface area (Å²) in [5.74, 6) is 0. The van der Waals surface area contributed by atoms with Crippen molar-refractivity contribution in [2.75, 3.05) is 7.05 Å². The fourth-order valence-electron chi connectivity index (χ4n) is 3.34. The summed E-state index contributed by atoms with van der Waals surface area (Å²) >= 11 is 2.10. The summed E-state index contributed by atoms with van der Waals surface area (Å²) < 4.78 is 0. The molecular weight excluding hydrogens is 226 g/mol. The first-order valence-electron chi connectivity index (χ1n) is 6.67. The van der Waals surface area contributed by atoms with Gasteiger partial charge in [0, 0.05) is 22.2 Å². The lowest BCUT2D eigenvalue weighted by molar-refractivity contribution is 0.183. The van der Waals surface area contributed by atoms with Crippen LogP contribution >= 0.6 is 11.8 Å². The highest BCUT2D eigenvalue weighted by molar-refractivity contribution is 8.00. The van der Waals surface area contributed by atoms with Gasteiger partial charge in [-0.05, 0) is 51.8 Å². The number of hydrogen-bond donors (Lipinski definition) is 0. The number of aryl methyl sites for hydroxylation is 1. The van der Waals surface area contributed by atoms with E-state index in [1.165, 1.54) is 36.1 Å². The quantitative estimate of drug-likeness (QED) is 0.783. The second-order valence-corrected chi connectivity index (χ2v) is 6.95. The van der Waals surface area contributed by atoms with E-state index in [1.807, 2.05) is 0 Å². The second-order valence-electron chi connectivity index (χ2n) is 5.58. The fourth-order valence-corrected chi connectivity index (χ4v) is 4.77. The van der Waals surface area contributed by atoms with Crippen molar-refractivity contribution in [3.05, 3.63) is 29.8 Å². The lowest BCUT2D eigenvalue weighted by atomic mass is 10.0. The van der Waals surface area contributed by atoms with Crippen LogP contribution in [0.15, 0.2) is 29.2 Å². The summed E-state index contributed by atoms with van der Waals surface area (Å²) in [6.07, 6.45) is 5.61. The molecule has 3 atom stereocenters. The van der Waals surface area contributed by atoms with E-state index in [9.17, 15) is 0 Å². The molecule has 2 aliphatic rings. The molecule has 92 valence electrons. The van der Waals surface area contributed by atoms with Crippen LogP contribution in [0, 0.1) is 6.92 Å². The van der Waals surface area contributed by atoms with Crippen LogP contribution in [-0.2, 0) is 0 Å². The maximum Gasteiger partial charge on any atom is 0.0124 e. The van der Waals surface area contributed by atoms with Crippen molar-refractivity contribution in [2.24, 2.45) is 0 Å². The van der Waals surface area contributed by atoms with Gasteiger partial charge in [-0.1, -0.05) is 17.7 Å². The highest BCUT2D eigenvalue weighted by Gasteiger charge is 2.38.